The number of carbonyl (C=O) groups excluding carboxylic acids is 1. The molecule has 0 radical (unpaired) electrons. The van der Waals surface area contributed by atoms with Crippen molar-refractivity contribution < 1.29 is 4.79 Å². The molecule has 0 aliphatic heterocycles. The van der Waals surface area contributed by atoms with Gasteiger partial charge in [-0.1, -0.05) is 48.3 Å². The second-order valence-corrected chi connectivity index (χ2v) is 5.17. The normalized spacial score (nSPS) is 14.1. The van der Waals surface area contributed by atoms with Crippen molar-refractivity contribution in [3.8, 4) is 0 Å². The predicted molar refractivity (Wildman–Crippen MR) is 73.4 cm³/mol. The van der Waals surface area contributed by atoms with Crippen LogP contribution in [0.2, 0.25) is 0 Å². The number of benzene rings is 1. The first kappa shape index (κ1) is 14.2. The van der Waals surface area contributed by atoms with E-state index in [1.54, 1.807) is 0 Å². The fourth-order valence-electron chi connectivity index (χ4n) is 1.42. The largest absolute Gasteiger partial charge is 0.351 e. The van der Waals surface area contributed by atoms with Gasteiger partial charge in [-0.2, -0.15) is 0 Å². The predicted octanol–water partition coefficient (Wildman–Crippen LogP) is 2.44. The second kappa shape index (κ2) is 6.77. The third-order valence-corrected chi connectivity index (χ3v) is 3.47. The summed E-state index contributed by atoms with van der Waals surface area (Å²) in [6, 6.07) is 7.43. The van der Waals surface area contributed by atoms with Gasteiger partial charge in [-0.05, 0) is 23.6 Å². The van der Waals surface area contributed by atoms with Crippen molar-refractivity contribution >= 4 is 21.8 Å². The molecule has 17 heavy (non-hydrogen) atoms. The van der Waals surface area contributed by atoms with E-state index in [-0.39, 0.29) is 11.8 Å². The molecule has 0 aromatic heterocycles. The van der Waals surface area contributed by atoms with Crippen molar-refractivity contribution in [3.05, 3.63) is 34.3 Å². The van der Waals surface area contributed by atoms with Crippen molar-refractivity contribution in [1.82, 2.24) is 5.32 Å². The summed E-state index contributed by atoms with van der Waals surface area (Å²) < 4.78 is 1.03. The third kappa shape index (κ3) is 4.48. The van der Waals surface area contributed by atoms with Crippen molar-refractivity contribution in [3.63, 3.8) is 0 Å². The fraction of sp³-hybridized carbons (Fsp3) is 0.462. The minimum Gasteiger partial charge on any atom is -0.351 e. The first-order valence-electron chi connectivity index (χ1n) is 5.82. The SMILES string of the molecule is CCC(C)[C@H](N)C(=O)NCc1ccc(Br)cc1. The van der Waals surface area contributed by atoms with Crippen LogP contribution in [-0.2, 0) is 11.3 Å². The molecule has 1 aromatic carbocycles. The number of nitrogens with one attached hydrogen (secondary N) is 1. The number of nitrogens with two attached hydrogens (primary N) is 1. The van der Waals surface area contributed by atoms with Gasteiger partial charge in [-0.25, -0.2) is 0 Å². The van der Waals surface area contributed by atoms with Crippen molar-refractivity contribution in [2.45, 2.75) is 32.9 Å². The molecule has 1 aromatic rings. The minimum atomic E-state index is -0.421. The van der Waals surface area contributed by atoms with Crippen LogP contribution in [0.5, 0.6) is 0 Å². The van der Waals surface area contributed by atoms with E-state index in [1.807, 2.05) is 38.1 Å². The summed E-state index contributed by atoms with van der Waals surface area (Å²) in [5, 5.41) is 2.85. The standard InChI is InChI=1S/C13H19BrN2O/c1-3-9(2)12(15)13(17)16-8-10-4-6-11(14)7-5-10/h4-7,9,12H,3,8,15H2,1-2H3,(H,16,17)/t9?,12-/m0/s1. The van der Waals surface area contributed by atoms with Crippen LogP contribution in [-0.4, -0.2) is 11.9 Å². The highest BCUT2D eigenvalue weighted by Gasteiger charge is 2.18. The molecule has 0 fully saturated rings. The zero-order chi connectivity index (χ0) is 12.8. The highest BCUT2D eigenvalue weighted by molar-refractivity contribution is 9.10. The molecule has 0 saturated carbocycles. The lowest BCUT2D eigenvalue weighted by Crippen LogP contribution is -2.44. The quantitative estimate of drug-likeness (QED) is 0.877. The molecule has 3 N–H and O–H groups in total. The van der Waals surface area contributed by atoms with Gasteiger partial charge in [-0.15, -0.1) is 0 Å². The highest BCUT2D eigenvalue weighted by Crippen LogP contribution is 2.10. The van der Waals surface area contributed by atoms with Crippen molar-refractivity contribution in [1.29, 1.82) is 0 Å². The third-order valence-electron chi connectivity index (χ3n) is 2.94. The molecule has 0 aliphatic rings. The van der Waals surface area contributed by atoms with E-state index in [0.29, 0.717) is 6.54 Å². The van der Waals surface area contributed by atoms with Crippen molar-refractivity contribution in [2.24, 2.45) is 11.7 Å². The number of carbonyl (C=O) groups is 1. The number of halogens is 1. The second-order valence-electron chi connectivity index (χ2n) is 4.26. The maximum absolute atomic E-state index is 11.7. The van der Waals surface area contributed by atoms with E-state index in [1.165, 1.54) is 0 Å². The van der Waals surface area contributed by atoms with Gasteiger partial charge in [0.05, 0.1) is 6.04 Å². The lowest BCUT2D eigenvalue weighted by molar-refractivity contribution is -0.123. The Hall–Kier alpha value is -0.870. The Labute approximate surface area is 111 Å². The van der Waals surface area contributed by atoms with Gasteiger partial charge in [0.1, 0.15) is 0 Å². The lowest BCUT2D eigenvalue weighted by Gasteiger charge is -2.17. The highest BCUT2D eigenvalue weighted by atomic mass is 79.9. The van der Waals surface area contributed by atoms with Crippen LogP contribution >= 0.6 is 15.9 Å². The Morgan fingerprint density at radius 3 is 2.53 bits per heavy atom. The maximum atomic E-state index is 11.7. The Kier molecular flexibility index (Phi) is 5.65. The molecular formula is C13H19BrN2O. The Morgan fingerprint density at radius 2 is 2.00 bits per heavy atom. The van der Waals surface area contributed by atoms with E-state index in [4.69, 9.17) is 5.73 Å². The van der Waals surface area contributed by atoms with Gasteiger partial charge < -0.3 is 11.1 Å². The maximum Gasteiger partial charge on any atom is 0.237 e. The molecule has 0 bridgehead atoms. The summed E-state index contributed by atoms with van der Waals surface area (Å²) in [5.74, 6) is 0.127. The number of hydrogen-bond donors (Lipinski definition) is 2. The molecule has 0 spiro atoms. The van der Waals surface area contributed by atoms with Crippen LogP contribution in [0.25, 0.3) is 0 Å². The summed E-state index contributed by atoms with van der Waals surface area (Å²) in [5.41, 5.74) is 6.91. The van der Waals surface area contributed by atoms with Crippen LogP contribution in [0.4, 0.5) is 0 Å². The Morgan fingerprint density at radius 1 is 1.41 bits per heavy atom. The van der Waals surface area contributed by atoms with Gasteiger partial charge in [-0.3, -0.25) is 4.79 Å². The minimum absolute atomic E-state index is 0.0812. The van der Waals surface area contributed by atoms with Crippen LogP contribution in [0.1, 0.15) is 25.8 Å². The molecule has 1 rings (SSSR count). The van der Waals surface area contributed by atoms with Crippen LogP contribution in [0.15, 0.2) is 28.7 Å². The molecule has 1 unspecified atom stereocenters. The first-order valence-corrected chi connectivity index (χ1v) is 6.61. The number of amides is 1. The van der Waals surface area contributed by atoms with E-state index < -0.39 is 6.04 Å². The molecule has 0 heterocycles. The monoisotopic (exact) mass is 298 g/mol. The van der Waals surface area contributed by atoms with Crippen LogP contribution in [0.3, 0.4) is 0 Å². The fourth-order valence-corrected chi connectivity index (χ4v) is 1.69. The van der Waals surface area contributed by atoms with Gasteiger partial charge >= 0.3 is 0 Å². The van der Waals surface area contributed by atoms with Crippen LogP contribution in [0, 0.1) is 5.92 Å². The molecule has 0 saturated heterocycles. The smallest absolute Gasteiger partial charge is 0.237 e. The van der Waals surface area contributed by atoms with Gasteiger partial charge in [0, 0.05) is 11.0 Å². The van der Waals surface area contributed by atoms with Gasteiger partial charge in [0.25, 0.3) is 0 Å². The summed E-state index contributed by atoms with van der Waals surface area (Å²) in [7, 11) is 0. The summed E-state index contributed by atoms with van der Waals surface area (Å²) in [4.78, 5) is 11.7. The lowest BCUT2D eigenvalue weighted by atomic mass is 9.99. The zero-order valence-corrected chi connectivity index (χ0v) is 11.8. The van der Waals surface area contributed by atoms with Gasteiger partial charge in [0.2, 0.25) is 5.91 Å². The molecule has 2 atom stereocenters. The number of hydrogen-bond acceptors (Lipinski definition) is 2. The van der Waals surface area contributed by atoms with Gasteiger partial charge in [0.15, 0.2) is 0 Å². The molecule has 94 valence electrons. The van der Waals surface area contributed by atoms with E-state index >= 15 is 0 Å². The summed E-state index contributed by atoms with van der Waals surface area (Å²) in [6.07, 6.45) is 0.910. The van der Waals surface area contributed by atoms with Crippen LogP contribution < -0.4 is 11.1 Å². The average molecular weight is 299 g/mol. The topological polar surface area (TPSA) is 55.1 Å². The van der Waals surface area contributed by atoms with E-state index in [0.717, 1.165) is 16.5 Å². The average Bonchev–Trinajstić information content (AvgIpc) is 2.35. The van der Waals surface area contributed by atoms with E-state index in [9.17, 15) is 4.79 Å². The van der Waals surface area contributed by atoms with E-state index in [2.05, 4.69) is 21.2 Å². The summed E-state index contributed by atoms with van der Waals surface area (Å²) >= 11 is 3.37. The Balaban J connectivity index is 2.45. The Bertz CT molecular complexity index is 364. The molecule has 1 amide bonds. The molecular weight excluding hydrogens is 280 g/mol. The molecule has 0 aliphatic carbocycles. The zero-order valence-electron chi connectivity index (χ0n) is 10.2. The molecule has 3 nitrogen and oxygen atoms in total. The van der Waals surface area contributed by atoms with Crippen molar-refractivity contribution in [2.75, 3.05) is 0 Å². The summed E-state index contributed by atoms with van der Waals surface area (Å²) in [6.45, 7) is 4.55. The number of rotatable bonds is 5. The molecule has 4 heteroatoms. The first-order chi connectivity index (χ1) is 8.04.